The lowest BCUT2D eigenvalue weighted by atomic mass is 10.1. The Morgan fingerprint density at radius 2 is 1.04 bits per heavy atom. The molecule has 0 fully saturated rings. The quantitative estimate of drug-likeness (QED) is 0.0386. The van der Waals surface area contributed by atoms with Crippen molar-refractivity contribution in [3.05, 3.63) is 23.3 Å². The molecule has 0 aliphatic heterocycles. The number of carbonyl (C=O) groups excluding carboxylic acids is 1. The van der Waals surface area contributed by atoms with Gasteiger partial charge < -0.3 is 33.9 Å². The van der Waals surface area contributed by atoms with Crippen LogP contribution in [0, 0.1) is 0 Å². The van der Waals surface area contributed by atoms with Crippen molar-refractivity contribution < 1.29 is 43.5 Å². The molecule has 0 aliphatic rings. The van der Waals surface area contributed by atoms with E-state index in [0.29, 0.717) is 39.3 Å². The van der Waals surface area contributed by atoms with Crippen LogP contribution in [0.2, 0.25) is 0 Å². The number of hydrogen-bond acceptors (Lipinski definition) is 8. The van der Waals surface area contributed by atoms with Crippen LogP contribution in [0.4, 0.5) is 0 Å². The molecule has 0 saturated heterocycles. The minimum atomic E-state index is -1.41. The maximum Gasteiger partial charge on any atom is 0.343 e. The fourth-order valence-corrected chi connectivity index (χ4v) is 6.31. The molecule has 0 bridgehead atoms. The van der Waals surface area contributed by atoms with Crippen molar-refractivity contribution in [1.82, 2.24) is 0 Å². The van der Waals surface area contributed by atoms with Gasteiger partial charge in [-0.1, -0.05) is 155 Å². The average Bonchev–Trinajstić information content (AvgIpc) is 3.13. The van der Waals surface area contributed by atoms with Crippen molar-refractivity contribution in [3.63, 3.8) is 0 Å². The molecular weight excluding hydrogens is 660 g/mol. The number of aromatic hydroxyl groups is 1. The Hall–Kier alpha value is -2.20. The van der Waals surface area contributed by atoms with Gasteiger partial charge in [-0.15, -0.1) is 0 Å². The zero-order chi connectivity index (χ0) is 37.9. The number of carbonyl (C=O) groups is 2. The van der Waals surface area contributed by atoms with Crippen LogP contribution in [-0.2, 0) is 18.9 Å². The van der Waals surface area contributed by atoms with E-state index in [-0.39, 0.29) is 24.0 Å². The summed E-state index contributed by atoms with van der Waals surface area (Å²) in [6, 6.07) is 2.65. The van der Waals surface area contributed by atoms with Crippen molar-refractivity contribution in [2.75, 3.05) is 39.6 Å². The summed E-state index contributed by atoms with van der Waals surface area (Å²) < 4.78 is 29.8. The van der Waals surface area contributed by atoms with Crippen LogP contribution in [0.1, 0.15) is 196 Å². The summed E-state index contributed by atoms with van der Waals surface area (Å²) >= 11 is 0. The van der Waals surface area contributed by atoms with Crippen LogP contribution in [0.15, 0.2) is 12.1 Å². The number of hydrogen-bond donors (Lipinski definition) is 2. The Balaban J connectivity index is 2.49. The van der Waals surface area contributed by atoms with Crippen LogP contribution in [0.3, 0.4) is 0 Å². The highest BCUT2D eigenvalue weighted by Crippen LogP contribution is 2.31. The van der Waals surface area contributed by atoms with Gasteiger partial charge in [-0.2, -0.15) is 0 Å². The third kappa shape index (κ3) is 24.9. The maximum atomic E-state index is 11.9. The fourth-order valence-electron chi connectivity index (χ4n) is 6.31. The second-order valence-corrected chi connectivity index (χ2v) is 14.2. The molecule has 2 N–H and O–H groups in total. The van der Waals surface area contributed by atoms with Crippen molar-refractivity contribution in [3.8, 4) is 11.5 Å². The zero-order valence-corrected chi connectivity index (χ0v) is 33.4. The summed E-state index contributed by atoms with van der Waals surface area (Å²) in [7, 11) is 0. The van der Waals surface area contributed by atoms with Gasteiger partial charge in [0.05, 0.1) is 18.8 Å². The molecule has 0 aliphatic carbocycles. The molecule has 1 aromatic rings. The first-order valence-electron chi connectivity index (χ1n) is 21.1. The summed E-state index contributed by atoms with van der Waals surface area (Å²) in [6.45, 7) is 8.66. The highest BCUT2D eigenvalue weighted by atomic mass is 16.7. The monoisotopic (exact) mass is 737 g/mol. The molecule has 1 unspecified atom stereocenters. The Kier molecular flexibility index (Phi) is 31.8. The summed E-state index contributed by atoms with van der Waals surface area (Å²) in [5.74, 6) is -2.17. The second-order valence-electron chi connectivity index (χ2n) is 14.2. The van der Waals surface area contributed by atoms with E-state index in [1.807, 2.05) is 0 Å². The predicted molar refractivity (Wildman–Crippen MR) is 210 cm³/mol. The van der Waals surface area contributed by atoms with Gasteiger partial charge in [0, 0.05) is 19.8 Å². The third-order valence-electron chi connectivity index (χ3n) is 9.48. The van der Waals surface area contributed by atoms with Gasteiger partial charge in [0.25, 0.3) is 0 Å². The standard InChI is InChI=1S/C43H76O9/c1-4-7-9-11-13-15-17-19-21-23-25-27-31-48-34-38(35-49-32-28-26-24-22-20-18-16-14-12-10-8-5-2)51-36-40(50-6-3)52-39-30-29-37(33-44)42(45)41(39)43(46)47/h29-30,33,38,40,45H,4-28,31-32,34-36H2,1-3H3,(H,46,47). The molecule has 0 spiro atoms. The first-order valence-corrected chi connectivity index (χ1v) is 21.1. The summed E-state index contributed by atoms with van der Waals surface area (Å²) in [5, 5.41) is 20.0. The van der Waals surface area contributed by atoms with Crippen molar-refractivity contribution in [2.45, 2.75) is 187 Å². The van der Waals surface area contributed by atoms with Gasteiger partial charge in [0.1, 0.15) is 29.8 Å². The van der Waals surface area contributed by atoms with Crippen LogP contribution >= 0.6 is 0 Å². The van der Waals surface area contributed by atoms with Crippen molar-refractivity contribution in [1.29, 1.82) is 0 Å². The molecule has 0 radical (unpaired) electrons. The number of ether oxygens (including phenoxy) is 5. The number of benzene rings is 1. The molecule has 302 valence electrons. The molecule has 9 heteroatoms. The van der Waals surface area contributed by atoms with Gasteiger partial charge in [0.2, 0.25) is 6.29 Å². The zero-order valence-electron chi connectivity index (χ0n) is 33.4. The van der Waals surface area contributed by atoms with E-state index >= 15 is 0 Å². The molecular formula is C43H76O9. The van der Waals surface area contributed by atoms with E-state index < -0.39 is 23.6 Å². The Bertz CT molecular complexity index is 954. The Morgan fingerprint density at radius 1 is 0.615 bits per heavy atom. The number of phenols is 1. The lowest BCUT2D eigenvalue weighted by Gasteiger charge is -2.24. The van der Waals surface area contributed by atoms with E-state index in [2.05, 4.69) is 13.8 Å². The van der Waals surface area contributed by atoms with Crippen molar-refractivity contribution >= 4 is 12.3 Å². The largest absolute Gasteiger partial charge is 0.506 e. The van der Waals surface area contributed by atoms with E-state index in [0.717, 1.165) is 25.7 Å². The minimum absolute atomic E-state index is 0.00229. The van der Waals surface area contributed by atoms with E-state index in [1.165, 1.54) is 141 Å². The highest BCUT2D eigenvalue weighted by molar-refractivity contribution is 5.97. The number of rotatable bonds is 39. The van der Waals surface area contributed by atoms with Gasteiger partial charge in [-0.05, 0) is 31.9 Å². The average molecular weight is 737 g/mol. The smallest absolute Gasteiger partial charge is 0.343 e. The molecule has 1 rings (SSSR count). The van der Waals surface area contributed by atoms with Gasteiger partial charge in [0.15, 0.2) is 6.29 Å². The van der Waals surface area contributed by atoms with Gasteiger partial charge in [-0.3, -0.25) is 4.79 Å². The van der Waals surface area contributed by atoms with E-state index in [9.17, 15) is 19.8 Å². The van der Waals surface area contributed by atoms with E-state index in [1.54, 1.807) is 6.92 Å². The van der Waals surface area contributed by atoms with Crippen LogP contribution in [-0.4, -0.2) is 74.5 Å². The third-order valence-corrected chi connectivity index (χ3v) is 9.48. The summed E-state index contributed by atoms with van der Waals surface area (Å²) in [6.07, 6.45) is 30.1. The number of unbranched alkanes of at least 4 members (excludes halogenated alkanes) is 22. The normalized spacial score (nSPS) is 12.1. The maximum absolute atomic E-state index is 11.9. The van der Waals surface area contributed by atoms with Crippen LogP contribution in [0.5, 0.6) is 11.5 Å². The number of carboxylic acid groups (broad SMARTS) is 1. The predicted octanol–water partition coefficient (Wildman–Crippen LogP) is 11.5. The molecule has 52 heavy (non-hydrogen) atoms. The molecule has 0 heterocycles. The first kappa shape index (κ1) is 47.8. The number of aldehydes is 1. The second kappa shape index (κ2) is 34.6. The summed E-state index contributed by atoms with van der Waals surface area (Å²) in [5.41, 5.74) is -0.632. The van der Waals surface area contributed by atoms with Gasteiger partial charge >= 0.3 is 5.97 Å². The Labute approximate surface area is 316 Å². The molecule has 1 aromatic carbocycles. The fraction of sp³-hybridized carbons (Fsp3) is 0.814. The lowest BCUT2D eigenvalue weighted by molar-refractivity contribution is -0.149. The highest BCUT2D eigenvalue weighted by Gasteiger charge is 2.24. The van der Waals surface area contributed by atoms with E-state index in [4.69, 9.17) is 23.7 Å². The lowest BCUT2D eigenvalue weighted by Crippen LogP contribution is -2.34. The van der Waals surface area contributed by atoms with Crippen LogP contribution < -0.4 is 4.74 Å². The van der Waals surface area contributed by atoms with Crippen molar-refractivity contribution in [2.24, 2.45) is 0 Å². The van der Waals surface area contributed by atoms with Gasteiger partial charge in [-0.25, -0.2) is 4.79 Å². The topological polar surface area (TPSA) is 121 Å². The number of aromatic carboxylic acids is 1. The molecule has 0 aromatic heterocycles. The molecule has 9 nitrogen and oxygen atoms in total. The Morgan fingerprint density at radius 3 is 1.42 bits per heavy atom. The minimum Gasteiger partial charge on any atom is -0.506 e. The number of carboxylic acids is 1. The molecule has 1 atom stereocenters. The molecule has 0 amide bonds. The first-order chi connectivity index (χ1) is 25.5. The summed E-state index contributed by atoms with van der Waals surface area (Å²) in [4.78, 5) is 23.1. The SMILES string of the molecule is CCCCCCCCCCCCCCOCC(COCCCCCCCCCCCCCC)OCC(OCC)Oc1ccc(C=O)c(O)c1C(=O)O. The molecule has 0 saturated carbocycles. The van der Waals surface area contributed by atoms with Crippen LogP contribution in [0.25, 0.3) is 0 Å².